The highest BCUT2D eigenvalue weighted by Gasteiger charge is 2.36. The first-order valence-corrected chi connectivity index (χ1v) is 9.19. The number of anilines is 1. The first kappa shape index (κ1) is 16.5. The zero-order valence-corrected chi connectivity index (χ0v) is 15.6. The second kappa shape index (κ2) is 7.02. The molecule has 2 N–H and O–H groups in total. The summed E-state index contributed by atoms with van der Waals surface area (Å²) in [6.07, 6.45) is 4.72. The molecule has 2 nitrogen and oxygen atoms in total. The second-order valence-electron chi connectivity index (χ2n) is 6.25. The molecule has 3 rings (SSSR count). The van der Waals surface area contributed by atoms with Crippen LogP contribution in [0.3, 0.4) is 0 Å². The Kier molecular flexibility index (Phi) is 5.02. The van der Waals surface area contributed by atoms with Crippen molar-refractivity contribution in [3.05, 3.63) is 64.1 Å². The Labute approximate surface area is 151 Å². The van der Waals surface area contributed by atoms with Gasteiger partial charge in [-0.25, -0.2) is 0 Å². The minimum Gasteiger partial charge on any atom is -0.353 e. The summed E-state index contributed by atoms with van der Waals surface area (Å²) in [7, 11) is 0. The molecule has 0 unspecified atom stereocenters. The van der Waals surface area contributed by atoms with Crippen molar-refractivity contribution in [2.75, 3.05) is 5.32 Å². The maximum Gasteiger partial charge on any atom is 0.171 e. The summed E-state index contributed by atoms with van der Waals surface area (Å²) in [5.74, 6) is 0. The van der Waals surface area contributed by atoms with Crippen LogP contribution in [0.2, 0.25) is 0 Å². The molecule has 1 fully saturated rings. The van der Waals surface area contributed by atoms with Gasteiger partial charge < -0.3 is 10.6 Å². The Bertz CT molecular complexity index is 708. The number of hydrogen-bond donors (Lipinski definition) is 2. The third-order valence-electron chi connectivity index (χ3n) is 4.46. The number of halogens is 1. The lowest BCUT2D eigenvalue weighted by Gasteiger charge is -2.33. The van der Waals surface area contributed by atoms with Crippen LogP contribution < -0.4 is 10.6 Å². The molecule has 0 radical (unpaired) electrons. The van der Waals surface area contributed by atoms with E-state index in [4.69, 9.17) is 12.2 Å². The molecular weight excluding hydrogens is 368 g/mol. The molecule has 1 aliphatic carbocycles. The molecule has 0 aliphatic heterocycles. The quantitative estimate of drug-likeness (QED) is 0.677. The van der Waals surface area contributed by atoms with Crippen LogP contribution in [0.4, 0.5) is 5.69 Å². The smallest absolute Gasteiger partial charge is 0.171 e. The number of aryl methyl sites for hydroxylation is 1. The molecule has 0 amide bonds. The van der Waals surface area contributed by atoms with Gasteiger partial charge in [0.05, 0.1) is 5.54 Å². The Morgan fingerprint density at radius 2 is 1.83 bits per heavy atom. The minimum atomic E-state index is -0.0396. The van der Waals surface area contributed by atoms with E-state index in [0.717, 1.165) is 23.0 Å². The maximum atomic E-state index is 5.58. The normalized spacial score (nSPS) is 16.1. The highest BCUT2D eigenvalue weighted by atomic mass is 79.9. The van der Waals surface area contributed by atoms with Gasteiger partial charge in [0.2, 0.25) is 0 Å². The van der Waals surface area contributed by atoms with Crippen molar-refractivity contribution < 1.29 is 0 Å². The van der Waals surface area contributed by atoms with Gasteiger partial charge in [-0.1, -0.05) is 64.7 Å². The fourth-order valence-electron chi connectivity index (χ4n) is 3.35. The van der Waals surface area contributed by atoms with E-state index in [-0.39, 0.29) is 5.54 Å². The standard InChI is InChI=1S/C19H21BrN2S/c1-14-6-4-7-15(12-14)19(10-2-3-11-19)22-18(23)21-17-9-5-8-16(20)13-17/h4-9,12-13H,2-3,10-11H2,1H3,(H2,21,22,23). The lowest BCUT2D eigenvalue weighted by Crippen LogP contribution is -2.45. The Morgan fingerprint density at radius 1 is 1.09 bits per heavy atom. The van der Waals surface area contributed by atoms with Crippen LogP contribution in [0, 0.1) is 6.92 Å². The third-order valence-corrected chi connectivity index (χ3v) is 5.16. The predicted molar refractivity (Wildman–Crippen MR) is 105 cm³/mol. The summed E-state index contributed by atoms with van der Waals surface area (Å²) in [5, 5.41) is 7.60. The average molecular weight is 389 g/mol. The van der Waals surface area contributed by atoms with Crippen molar-refractivity contribution in [3.8, 4) is 0 Å². The highest BCUT2D eigenvalue weighted by molar-refractivity contribution is 9.10. The largest absolute Gasteiger partial charge is 0.353 e. The lowest BCUT2D eigenvalue weighted by molar-refractivity contribution is 0.408. The van der Waals surface area contributed by atoms with Gasteiger partial charge in [0.1, 0.15) is 0 Å². The number of hydrogen-bond acceptors (Lipinski definition) is 1. The van der Waals surface area contributed by atoms with Gasteiger partial charge >= 0.3 is 0 Å². The van der Waals surface area contributed by atoms with Crippen LogP contribution in [0.15, 0.2) is 53.0 Å². The predicted octanol–water partition coefficient (Wildman–Crippen LogP) is 5.51. The van der Waals surface area contributed by atoms with Crippen molar-refractivity contribution in [1.82, 2.24) is 5.32 Å². The van der Waals surface area contributed by atoms with E-state index in [9.17, 15) is 0 Å². The molecule has 0 heterocycles. The summed E-state index contributed by atoms with van der Waals surface area (Å²) in [6.45, 7) is 2.14. The molecule has 0 atom stereocenters. The van der Waals surface area contributed by atoms with Gasteiger partial charge in [0.15, 0.2) is 5.11 Å². The van der Waals surface area contributed by atoms with Gasteiger partial charge in [-0.2, -0.15) is 0 Å². The third kappa shape index (κ3) is 3.93. The fourth-order valence-corrected chi connectivity index (χ4v) is 4.07. The molecule has 120 valence electrons. The van der Waals surface area contributed by atoms with E-state index in [1.54, 1.807) is 0 Å². The zero-order chi connectivity index (χ0) is 16.3. The molecule has 1 aliphatic rings. The van der Waals surface area contributed by atoms with E-state index in [1.165, 1.54) is 24.0 Å². The summed E-state index contributed by atoms with van der Waals surface area (Å²) < 4.78 is 1.04. The van der Waals surface area contributed by atoms with Crippen LogP contribution >= 0.6 is 28.1 Å². The van der Waals surface area contributed by atoms with Crippen molar-refractivity contribution in [3.63, 3.8) is 0 Å². The number of nitrogens with one attached hydrogen (secondary N) is 2. The average Bonchev–Trinajstić information content (AvgIpc) is 2.97. The second-order valence-corrected chi connectivity index (χ2v) is 7.57. The molecule has 23 heavy (non-hydrogen) atoms. The molecular formula is C19H21BrN2S. The number of benzene rings is 2. The van der Waals surface area contributed by atoms with Crippen LogP contribution in [0.5, 0.6) is 0 Å². The first-order valence-electron chi connectivity index (χ1n) is 7.99. The van der Waals surface area contributed by atoms with Crippen LogP contribution in [-0.4, -0.2) is 5.11 Å². The van der Waals surface area contributed by atoms with Crippen LogP contribution in [0.1, 0.15) is 36.8 Å². The van der Waals surface area contributed by atoms with Gasteiger partial charge in [-0.15, -0.1) is 0 Å². The Balaban J connectivity index is 1.78. The maximum absolute atomic E-state index is 5.58. The summed E-state index contributed by atoms with van der Waals surface area (Å²) in [5.41, 5.74) is 3.59. The van der Waals surface area contributed by atoms with Gasteiger partial charge in [0, 0.05) is 10.2 Å². The van der Waals surface area contributed by atoms with Gasteiger partial charge in [0.25, 0.3) is 0 Å². The molecule has 0 spiro atoms. The minimum absolute atomic E-state index is 0.0396. The van der Waals surface area contributed by atoms with Crippen LogP contribution in [0.25, 0.3) is 0 Å². The molecule has 0 aromatic heterocycles. The van der Waals surface area contributed by atoms with Gasteiger partial charge in [-0.3, -0.25) is 0 Å². The molecule has 0 bridgehead atoms. The van der Waals surface area contributed by atoms with Crippen molar-refractivity contribution in [2.24, 2.45) is 0 Å². The first-order chi connectivity index (χ1) is 11.1. The fraction of sp³-hybridized carbons (Fsp3) is 0.316. The summed E-state index contributed by atoms with van der Waals surface area (Å²) in [6, 6.07) is 16.8. The lowest BCUT2D eigenvalue weighted by atomic mass is 9.87. The molecule has 0 saturated heterocycles. The Hall–Kier alpha value is -1.39. The van der Waals surface area contributed by atoms with E-state index in [2.05, 4.69) is 57.8 Å². The van der Waals surface area contributed by atoms with E-state index in [1.807, 2.05) is 24.3 Å². The van der Waals surface area contributed by atoms with E-state index < -0.39 is 0 Å². The number of rotatable bonds is 3. The molecule has 2 aromatic rings. The SMILES string of the molecule is Cc1cccc(C2(NC(=S)Nc3cccc(Br)c3)CCCC2)c1. The topological polar surface area (TPSA) is 24.1 Å². The van der Waals surface area contributed by atoms with E-state index in [0.29, 0.717) is 5.11 Å². The van der Waals surface area contributed by atoms with Crippen molar-refractivity contribution in [2.45, 2.75) is 38.1 Å². The highest BCUT2D eigenvalue weighted by Crippen LogP contribution is 2.39. The number of thiocarbonyl (C=S) groups is 1. The molecule has 2 aromatic carbocycles. The Morgan fingerprint density at radius 3 is 2.52 bits per heavy atom. The molecule has 1 saturated carbocycles. The van der Waals surface area contributed by atoms with Crippen molar-refractivity contribution in [1.29, 1.82) is 0 Å². The molecule has 4 heteroatoms. The monoisotopic (exact) mass is 388 g/mol. The van der Waals surface area contributed by atoms with E-state index >= 15 is 0 Å². The summed E-state index contributed by atoms with van der Waals surface area (Å²) >= 11 is 9.07. The van der Waals surface area contributed by atoms with Crippen LogP contribution in [-0.2, 0) is 5.54 Å². The zero-order valence-electron chi connectivity index (χ0n) is 13.2. The van der Waals surface area contributed by atoms with Crippen molar-refractivity contribution >= 4 is 38.9 Å². The summed E-state index contributed by atoms with van der Waals surface area (Å²) in [4.78, 5) is 0. The van der Waals surface area contributed by atoms with Gasteiger partial charge in [-0.05, 0) is 55.7 Å².